The van der Waals surface area contributed by atoms with Crippen molar-refractivity contribution in [1.29, 1.82) is 0 Å². The zero-order chi connectivity index (χ0) is 12.4. The second-order valence-corrected chi connectivity index (χ2v) is 4.55. The van der Waals surface area contributed by atoms with Gasteiger partial charge in [0.15, 0.2) is 5.65 Å². The van der Waals surface area contributed by atoms with E-state index < -0.39 is 0 Å². The van der Waals surface area contributed by atoms with Gasteiger partial charge in [-0.25, -0.2) is 9.97 Å². The molecule has 18 heavy (non-hydrogen) atoms. The fourth-order valence-electron chi connectivity index (χ4n) is 2.49. The Labute approximate surface area is 105 Å². The molecule has 5 heteroatoms. The van der Waals surface area contributed by atoms with Crippen molar-refractivity contribution in [2.45, 2.75) is 31.9 Å². The summed E-state index contributed by atoms with van der Waals surface area (Å²) in [5.41, 5.74) is 1.70. The highest BCUT2D eigenvalue weighted by Gasteiger charge is 2.23. The van der Waals surface area contributed by atoms with E-state index in [-0.39, 0.29) is 12.7 Å². The summed E-state index contributed by atoms with van der Waals surface area (Å²) in [6.45, 7) is 1.39. The molecular formula is C13H17N3O2. The van der Waals surface area contributed by atoms with Gasteiger partial charge in [-0.2, -0.15) is 0 Å². The number of aliphatic hydroxyl groups excluding tert-OH is 1. The summed E-state index contributed by atoms with van der Waals surface area (Å²) < 4.78 is 7.77. The number of hydrogen-bond acceptors (Lipinski definition) is 4. The van der Waals surface area contributed by atoms with Crippen molar-refractivity contribution in [1.82, 2.24) is 14.5 Å². The van der Waals surface area contributed by atoms with E-state index in [2.05, 4.69) is 9.97 Å². The van der Waals surface area contributed by atoms with Crippen LogP contribution in [0.4, 0.5) is 0 Å². The van der Waals surface area contributed by atoms with Crippen molar-refractivity contribution in [2.75, 3.05) is 13.2 Å². The van der Waals surface area contributed by atoms with Crippen LogP contribution >= 0.6 is 0 Å². The number of aromatic nitrogens is 3. The maximum Gasteiger partial charge on any atom is 0.160 e. The van der Waals surface area contributed by atoms with Gasteiger partial charge in [0.2, 0.25) is 0 Å². The summed E-state index contributed by atoms with van der Waals surface area (Å²) in [4.78, 5) is 8.97. The molecule has 2 aromatic heterocycles. The van der Waals surface area contributed by atoms with E-state index in [0.717, 1.165) is 36.4 Å². The Balaban J connectivity index is 2.05. The van der Waals surface area contributed by atoms with Crippen LogP contribution in [-0.4, -0.2) is 32.9 Å². The monoisotopic (exact) mass is 247 g/mol. The molecule has 0 aliphatic carbocycles. The summed E-state index contributed by atoms with van der Waals surface area (Å²) in [5.74, 6) is 0.900. The van der Waals surface area contributed by atoms with Crippen LogP contribution in [-0.2, 0) is 11.3 Å². The normalized spacial score (nSPS) is 20.4. The lowest BCUT2D eigenvalue weighted by atomic mass is 10.1. The molecule has 0 aromatic carbocycles. The van der Waals surface area contributed by atoms with Crippen molar-refractivity contribution in [3.63, 3.8) is 0 Å². The van der Waals surface area contributed by atoms with Crippen molar-refractivity contribution < 1.29 is 9.84 Å². The lowest BCUT2D eigenvalue weighted by Crippen LogP contribution is -2.17. The number of nitrogens with zero attached hydrogens (tertiary/aromatic N) is 3. The van der Waals surface area contributed by atoms with Crippen LogP contribution in [0, 0.1) is 0 Å². The lowest BCUT2D eigenvalue weighted by Gasteiger charge is -2.22. The molecule has 1 aliphatic heterocycles. The average molecular weight is 247 g/mol. The summed E-state index contributed by atoms with van der Waals surface area (Å²) in [6, 6.07) is 3.83. The number of hydrogen-bond donors (Lipinski definition) is 1. The van der Waals surface area contributed by atoms with Gasteiger partial charge >= 0.3 is 0 Å². The molecule has 0 radical (unpaired) electrons. The van der Waals surface area contributed by atoms with Crippen molar-refractivity contribution in [3.05, 3.63) is 24.2 Å². The highest BCUT2D eigenvalue weighted by Crippen LogP contribution is 2.29. The molecular weight excluding hydrogens is 230 g/mol. The molecule has 1 aliphatic rings. The second kappa shape index (κ2) is 5.04. The smallest absolute Gasteiger partial charge is 0.160 e. The minimum Gasteiger partial charge on any atom is -0.395 e. The predicted octanol–water partition coefficient (Wildman–Crippen LogP) is 1.67. The van der Waals surface area contributed by atoms with E-state index in [4.69, 9.17) is 4.74 Å². The molecule has 3 rings (SSSR count). The number of imidazole rings is 1. The first-order valence-corrected chi connectivity index (χ1v) is 6.44. The van der Waals surface area contributed by atoms with E-state index in [9.17, 15) is 5.11 Å². The molecule has 0 saturated carbocycles. The SMILES string of the molecule is OCCn1c(C2CCCCO2)nc2cccnc21. The molecule has 1 fully saturated rings. The minimum absolute atomic E-state index is 0.0412. The maximum absolute atomic E-state index is 9.20. The summed E-state index contributed by atoms with van der Waals surface area (Å²) >= 11 is 0. The summed E-state index contributed by atoms with van der Waals surface area (Å²) in [5, 5.41) is 9.20. The Morgan fingerprint density at radius 2 is 2.39 bits per heavy atom. The van der Waals surface area contributed by atoms with Gasteiger partial charge in [-0.05, 0) is 31.4 Å². The van der Waals surface area contributed by atoms with Crippen LogP contribution < -0.4 is 0 Å². The summed E-state index contributed by atoms with van der Waals surface area (Å²) in [7, 11) is 0. The molecule has 96 valence electrons. The number of ether oxygens (including phenoxy) is 1. The number of aliphatic hydroxyl groups is 1. The van der Waals surface area contributed by atoms with Crippen LogP contribution in [0.5, 0.6) is 0 Å². The van der Waals surface area contributed by atoms with E-state index in [0.29, 0.717) is 6.54 Å². The number of rotatable bonds is 3. The Kier molecular flexibility index (Phi) is 3.25. The van der Waals surface area contributed by atoms with Crippen LogP contribution in [0.3, 0.4) is 0 Å². The van der Waals surface area contributed by atoms with Gasteiger partial charge in [0.25, 0.3) is 0 Å². The molecule has 5 nitrogen and oxygen atoms in total. The first-order valence-electron chi connectivity index (χ1n) is 6.44. The quantitative estimate of drug-likeness (QED) is 0.896. The highest BCUT2D eigenvalue weighted by molar-refractivity contribution is 5.71. The molecule has 1 N–H and O–H groups in total. The van der Waals surface area contributed by atoms with Crippen LogP contribution in [0.1, 0.15) is 31.2 Å². The fourth-order valence-corrected chi connectivity index (χ4v) is 2.49. The number of pyridine rings is 1. The third-order valence-corrected chi connectivity index (χ3v) is 3.32. The van der Waals surface area contributed by atoms with Crippen molar-refractivity contribution in [3.8, 4) is 0 Å². The van der Waals surface area contributed by atoms with Gasteiger partial charge in [-0.1, -0.05) is 0 Å². The number of fused-ring (bicyclic) bond motifs is 1. The van der Waals surface area contributed by atoms with E-state index in [1.54, 1.807) is 6.20 Å². The zero-order valence-electron chi connectivity index (χ0n) is 10.2. The molecule has 0 bridgehead atoms. The Bertz CT molecular complexity index is 532. The van der Waals surface area contributed by atoms with Gasteiger partial charge in [-0.15, -0.1) is 0 Å². The van der Waals surface area contributed by atoms with Crippen molar-refractivity contribution in [2.24, 2.45) is 0 Å². The molecule has 1 unspecified atom stereocenters. The summed E-state index contributed by atoms with van der Waals surface area (Å²) in [6.07, 6.45) is 5.08. The zero-order valence-corrected chi connectivity index (χ0v) is 10.2. The molecule has 0 spiro atoms. The highest BCUT2D eigenvalue weighted by atomic mass is 16.5. The Morgan fingerprint density at radius 3 is 3.17 bits per heavy atom. The van der Waals surface area contributed by atoms with Gasteiger partial charge in [0, 0.05) is 19.3 Å². The average Bonchev–Trinajstić information content (AvgIpc) is 2.80. The predicted molar refractivity (Wildman–Crippen MR) is 67.2 cm³/mol. The van der Waals surface area contributed by atoms with Gasteiger partial charge in [-0.3, -0.25) is 0 Å². The molecule has 2 aromatic rings. The molecule has 3 heterocycles. The van der Waals surface area contributed by atoms with Crippen LogP contribution in [0.25, 0.3) is 11.2 Å². The molecule has 1 saturated heterocycles. The first-order chi connectivity index (χ1) is 8.90. The molecule has 0 amide bonds. The third kappa shape index (κ3) is 2.00. The van der Waals surface area contributed by atoms with E-state index in [1.165, 1.54) is 6.42 Å². The van der Waals surface area contributed by atoms with E-state index >= 15 is 0 Å². The van der Waals surface area contributed by atoms with Gasteiger partial charge < -0.3 is 14.4 Å². The minimum atomic E-state index is 0.0412. The standard InChI is InChI=1S/C13H17N3O2/c17-8-7-16-12-10(4-3-6-14-12)15-13(16)11-5-1-2-9-18-11/h3-4,6,11,17H,1-2,5,7-9H2. The fraction of sp³-hybridized carbons (Fsp3) is 0.538. The largest absolute Gasteiger partial charge is 0.395 e. The maximum atomic E-state index is 9.20. The lowest BCUT2D eigenvalue weighted by molar-refractivity contribution is 0.00725. The van der Waals surface area contributed by atoms with Crippen LogP contribution in [0.15, 0.2) is 18.3 Å². The topological polar surface area (TPSA) is 60.2 Å². The van der Waals surface area contributed by atoms with Gasteiger partial charge in [0.05, 0.1) is 6.61 Å². The van der Waals surface area contributed by atoms with Gasteiger partial charge in [0.1, 0.15) is 17.4 Å². The Morgan fingerprint density at radius 1 is 1.44 bits per heavy atom. The molecule has 1 atom stereocenters. The van der Waals surface area contributed by atoms with Crippen LogP contribution in [0.2, 0.25) is 0 Å². The second-order valence-electron chi connectivity index (χ2n) is 4.55. The Hall–Kier alpha value is -1.46. The van der Waals surface area contributed by atoms with E-state index in [1.807, 2.05) is 16.7 Å². The third-order valence-electron chi connectivity index (χ3n) is 3.32. The first kappa shape index (κ1) is 11.6. The van der Waals surface area contributed by atoms with Crippen molar-refractivity contribution >= 4 is 11.2 Å².